The van der Waals surface area contributed by atoms with Crippen molar-refractivity contribution in [2.45, 2.75) is 31.7 Å². The standard InChI is InChI=1S/C10H19NO4/c1-10(9(14)15,11(2,3)4)7-5-6-8(12)13/h5-7H2,1-4H3,(H-,12,13,14,15)/p+1. The van der Waals surface area contributed by atoms with Crippen molar-refractivity contribution in [3.63, 3.8) is 0 Å². The lowest BCUT2D eigenvalue weighted by Gasteiger charge is -2.40. The van der Waals surface area contributed by atoms with E-state index in [2.05, 4.69) is 0 Å². The highest BCUT2D eigenvalue weighted by Crippen LogP contribution is 2.25. The number of likely N-dealkylation sites (N-methyl/N-ethyl adjacent to an activating group) is 1. The molecule has 1 unspecified atom stereocenters. The summed E-state index contributed by atoms with van der Waals surface area (Å²) >= 11 is 0. The molecule has 0 aromatic carbocycles. The number of carbonyl (C=O) groups is 2. The molecule has 5 heteroatoms. The zero-order chi connectivity index (χ0) is 12.3. The van der Waals surface area contributed by atoms with Crippen LogP contribution in [0, 0.1) is 0 Å². The molecule has 0 amide bonds. The molecule has 0 rings (SSSR count). The van der Waals surface area contributed by atoms with Gasteiger partial charge in [0.15, 0.2) is 5.54 Å². The van der Waals surface area contributed by atoms with Gasteiger partial charge in [-0.3, -0.25) is 4.79 Å². The third kappa shape index (κ3) is 3.51. The van der Waals surface area contributed by atoms with Crippen LogP contribution in [-0.4, -0.2) is 53.3 Å². The van der Waals surface area contributed by atoms with Crippen molar-refractivity contribution in [1.29, 1.82) is 0 Å². The largest absolute Gasteiger partial charge is 0.481 e. The minimum absolute atomic E-state index is 0.0167. The van der Waals surface area contributed by atoms with Gasteiger partial charge in [-0.2, -0.15) is 0 Å². The second-order valence-corrected chi connectivity index (χ2v) is 4.84. The van der Waals surface area contributed by atoms with E-state index in [9.17, 15) is 14.7 Å². The Labute approximate surface area is 89.9 Å². The minimum Gasteiger partial charge on any atom is -0.481 e. The predicted octanol–water partition coefficient (Wildman–Crippen LogP) is 0.791. The lowest BCUT2D eigenvalue weighted by molar-refractivity contribution is -0.912. The Morgan fingerprint density at radius 1 is 1.20 bits per heavy atom. The van der Waals surface area contributed by atoms with E-state index in [0.29, 0.717) is 12.8 Å². The van der Waals surface area contributed by atoms with Crippen molar-refractivity contribution in [1.82, 2.24) is 0 Å². The average Bonchev–Trinajstić information content (AvgIpc) is 2.00. The van der Waals surface area contributed by atoms with E-state index in [1.165, 1.54) is 0 Å². The minimum atomic E-state index is -0.935. The van der Waals surface area contributed by atoms with Gasteiger partial charge >= 0.3 is 11.9 Å². The number of quaternary nitrogens is 1. The number of hydrogen-bond donors (Lipinski definition) is 2. The summed E-state index contributed by atoms with van der Waals surface area (Å²) in [5, 5.41) is 17.7. The molecular weight excluding hydrogens is 198 g/mol. The van der Waals surface area contributed by atoms with Crippen LogP contribution in [0.4, 0.5) is 0 Å². The third-order valence-electron chi connectivity index (χ3n) is 3.00. The second kappa shape index (κ2) is 4.61. The third-order valence-corrected chi connectivity index (χ3v) is 3.00. The fraction of sp³-hybridized carbons (Fsp3) is 0.800. The van der Waals surface area contributed by atoms with E-state index in [0.717, 1.165) is 0 Å². The van der Waals surface area contributed by atoms with Crippen molar-refractivity contribution in [3.8, 4) is 0 Å². The zero-order valence-corrected chi connectivity index (χ0v) is 9.78. The van der Waals surface area contributed by atoms with Gasteiger partial charge in [-0.25, -0.2) is 4.79 Å². The van der Waals surface area contributed by atoms with Crippen LogP contribution in [0.2, 0.25) is 0 Å². The van der Waals surface area contributed by atoms with Crippen LogP contribution in [0.5, 0.6) is 0 Å². The smallest absolute Gasteiger partial charge is 0.365 e. The van der Waals surface area contributed by atoms with Gasteiger partial charge in [-0.15, -0.1) is 0 Å². The predicted molar refractivity (Wildman–Crippen MR) is 55.6 cm³/mol. The van der Waals surface area contributed by atoms with Crippen LogP contribution in [0.25, 0.3) is 0 Å². The highest BCUT2D eigenvalue weighted by atomic mass is 16.4. The van der Waals surface area contributed by atoms with E-state index in [-0.39, 0.29) is 10.9 Å². The van der Waals surface area contributed by atoms with Crippen LogP contribution in [0.3, 0.4) is 0 Å². The summed E-state index contributed by atoms with van der Waals surface area (Å²) in [4.78, 5) is 21.5. The number of carboxylic acids is 2. The van der Waals surface area contributed by atoms with Gasteiger partial charge in [-0.1, -0.05) is 0 Å². The summed E-state index contributed by atoms with van der Waals surface area (Å²) in [6.07, 6.45) is 0.759. The molecule has 88 valence electrons. The maximum absolute atomic E-state index is 11.2. The summed E-state index contributed by atoms with van der Waals surface area (Å²) in [5.74, 6) is -1.77. The number of rotatable bonds is 6. The summed E-state index contributed by atoms with van der Waals surface area (Å²) < 4.78 is 0.280. The van der Waals surface area contributed by atoms with Crippen molar-refractivity contribution in [3.05, 3.63) is 0 Å². The van der Waals surface area contributed by atoms with Crippen molar-refractivity contribution in [2.75, 3.05) is 21.1 Å². The molecule has 0 fully saturated rings. The number of carboxylic acid groups (broad SMARTS) is 2. The van der Waals surface area contributed by atoms with E-state index in [1.54, 1.807) is 28.1 Å². The van der Waals surface area contributed by atoms with Gasteiger partial charge in [0.2, 0.25) is 0 Å². The fourth-order valence-corrected chi connectivity index (χ4v) is 1.31. The maximum atomic E-state index is 11.2. The molecule has 0 aliphatic heterocycles. The summed E-state index contributed by atoms with van der Waals surface area (Å²) in [5.41, 5.74) is -0.935. The van der Waals surface area contributed by atoms with Crippen LogP contribution in [0.15, 0.2) is 0 Å². The summed E-state index contributed by atoms with van der Waals surface area (Å²) in [6.45, 7) is 1.65. The Bertz CT molecular complexity index is 257. The Balaban J connectivity index is 4.55. The highest BCUT2D eigenvalue weighted by Gasteiger charge is 2.45. The first-order valence-electron chi connectivity index (χ1n) is 4.88. The van der Waals surface area contributed by atoms with Gasteiger partial charge in [0.1, 0.15) is 0 Å². The van der Waals surface area contributed by atoms with E-state index >= 15 is 0 Å². The molecule has 0 bridgehead atoms. The Morgan fingerprint density at radius 2 is 1.67 bits per heavy atom. The van der Waals surface area contributed by atoms with Crippen LogP contribution < -0.4 is 0 Å². The molecule has 0 saturated heterocycles. The fourth-order valence-electron chi connectivity index (χ4n) is 1.31. The van der Waals surface area contributed by atoms with E-state index < -0.39 is 17.5 Å². The Morgan fingerprint density at radius 3 is 1.93 bits per heavy atom. The number of hydrogen-bond acceptors (Lipinski definition) is 2. The summed E-state index contributed by atoms with van der Waals surface area (Å²) in [7, 11) is 5.40. The monoisotopic (exact) mass is 218 g/mol. The molecule has 0 spiro atoms. The molecule has 1 atom stereocenters. The lowest BCUT2D eigenvalue weighted by Crippen LogP contribution is -2.60. The second-order valence-electron chi connectivity index (χ2n) is 4.84. The van der Waals surface area contributed by atoms with Gasteiger partial charge < -0.3 is 14.7 Å². The van der Waals surface area contributed by atoms with Gasteiger partial charge in [-0.05, 0) is 6.42 Å². The first-order chi connectivity index (χ1) is 6.61. The number of aliphatic carboxylic acids is 2. The van der Waals surface area contributed by atoms with E-state index in [1.807, 2.05) is 0 Å². The van der Waals surface area contributed by atoms with Crippen molar-refractivity contribution >= 4 is 11.9 Å². The molecular formula is C10H20NO4+. The van der Waals surface area contributed by atoms with Crippen LogP contribution in [0.1, 0.15) is 26.2 Å². The van der Waals surface area contributed by atoms with Crippen molar-refractivity contribution < 1.29 is 24.3 Å². The molecule has 0 aromatic rings. The molecule has 0 radical (unpaired) electrons. The van der Waals surface area contributed by atoms with Crippen LogP contribution in [-0.2, 0) is 9.59 Å². The molecule has 0 heterocycles. The first kappa shape index (κ1) is 13.9. The SMILES string of the molecule is CC(CCCC(=O)O)(C(=O)O)[N+](C)(C)C. The molecule has 2 N–H and O–H groups in total. The molecule has 0 saturated carbocycles. The van der Waals surface area contributed by atoms with Gasteiger partial charge in [0.05, 0.1) is 21.1 Å². The molecule has 0 aromatic heterocycles. The van der Waals surface area contributed by atoms with Gasteiger partial charge in [0, 0.05) is 19.8 Å². The first-order valence-corrected chi connectivity index (χ1v) is 4.88. The highest BCUT2D eigenvalue weighted by molar-refractivity contribution is 5.76. The van der Waals surface area contributed by atoms with Crippen LogP contribution >= 0.6 is 0 Å². The average molecular weight is 218 g/mol. The molecule has 15 heavy (non-hydrogen) atoms. The van der Waals surface area contributed by atoms with Gasteiger partial charge in [0.25, 0.3) is 0 Å². The Kier molecular flexibility index (Phi) is 4.27. The Hall–Kier alpha value is -1.10. The number of nitrogens with zero attached hydrogens (tertiary/aromatic N) is 1. The molecule has 0 aliphatic carbocycles. The zero-order valence-electron chi connectivity index (χ0n) is 9.78. The molecule has 0 aliphatic rings. The normalized spacial score (nSPS) is 15.7. The quantitative estimate of drug-likeness (QED) is 0.646. The summed E-state index contributed by atoms with van der Waals surface area (Å²) in [6, 6.07) is 0. The topological polar surface area (TPSA) is 74.6 Å². The molecule has 5 nitrogen and oxygen atoms in total. The lowest BCUT2D eigenvalue weighted by atomic mass is 9.91. The maximum Gasteiger partial charge on any atom is 0.365 e. The van der Waals surface area contributed by atoms with Crippen molar-refractivity contribution in [2.24, 2.45) is 0 Å². The van der Waals surface area contributed by atoms with E-state index in [4.69, 9.17) is 5.11 Å².